The lowest BCUT2D eigenvalue weighted by molar-refractivity contribution is -0.148. The maximum Gasteiger partial charge on any atom is 0.320 e. The third-order valence-corrected chi connectivity index (χ3v) is 5.04. The number of amides is 2. The lowest BCUT2D eigenvalue weighted by Gasteiger charge is -2.39. The van der Waals surface area contributed by atoms with E-state index in [0.29, 0.717) is 32.0 Å². The first-order chi connectivity index (χ1) is 9.89. The number of carboxylic acids is 1. The molecule has 0 aromatic carbocycles. The number of hydrogen-bond acceptors (Lipinski definition) is 3. The zero-order valence-electron chi connectivity index (χ0n) is 13.3. The molecule has 2 aliphatic heterocycles. The molecule has 0 spiro atoms. The van der Waals surface area contributed by atoms with Crippen LogP contribution in [0, 0.1) is 5.41 Å². The van der Waals surface area contributed by atoms with Crippen molar-refractivity contribution < 1.29 is 14.7 Å². The van der Waals surface area contributed by atoms with E-state index >= 15 is 0 Å². The SMILES string of the molecule is CCCC1(C(=O)O)CCN(C(=O)N2CCN(C)C(C)C2)C1. The van der Waals surface area contributed by atoms with Crippen LogP contribution in [-0.2, 0) is 4.79 Å². The Balaban J connectivity index is 2.00. The molecule has 2 saturated heterocycles. The van der Waals surface area contributed by atoms with Gasteiger partial charge in [-0.15, -0.1) is 0 Å². The van der Waals surface area contributed by atoms with E-state index in [1.807, 2.05) is 11.8 Å². The van der Waals surface area contributed by atoms with Crippen molar-refractivity contribution in [1.29, 1.82) is 0 Å². The highest BCUT2D eigenvalue weighted by Crippen LogP contribution is 2.36. The van der Waals surface area contributed by atoms with E-state index in [1.54, 1.807) is 4.90 Å². The number of aliphatic carboxylic acids is 1. The summed E-state index contributed by atoms with van der Waals surface area (Å²) in [4.78, 5) is 30.1. The van der Waals surface area contributed by atoms with Gasteiger partial charge < -0.3 is 19.8 Å². The van der Waals surface area contributed by atoms with Gasteiger partial charge >= 0.3 is 12.0 Å². The van der Waals surface area contributed by atoms with Crippen LogP contribution < -0.4 is 0 Å². The third-order valence-electron chi connectivity index (χ3n) is 5.04. The van der Waals surface area contributed by atoms with Gasteiger partial charge in [-0.05, 0) is 26.8 Å². The van der Waals surface area contributed by atoms with Crippen molar-refractivity contribution in [2.24, 2.45) is 5.41 Å². The van der Waals surface area contributed by atoms with Crippen LogP contribution in [0.2, 0.25) is 0 Å². The summed E-state index contributed by atoms with van der Waals surface area (Å²) in [5.41, 5.74) is -0.734. The summed E-state index contributed by atoms with van der Waals surface area (Å²) in [6.07, 6.45) is 2.05. The number of carbonyl (C=O) groups excluding carboxylic acids is 1. The summed E-state index contributed by atoms with van der Waals surface area (Å²) in [6.45, 7) is 7.35. The van der Waals surface area contributed by atoms with Crippen LogP contribution in [-0.4, -0.2) is 77.6 Å². The second-order valence-corrected chi connectivity index (χ2v) is 6.57. The first-order valence-corrected chi connectivity index (χ1v) is 7.87. The number of urea groups is 1. The molecule has 1 N–H and O–H groups in total. The molecule has 0 aromatic heterocycles. The number of carbonyl (C=O) groups is 2. The number of hydrogen-bond donors (Lipinski definition) is 1. The van der Waals surface area contributed by atoms with Crippen LogP contribution in [0.15, 0.2) is 0 Å². The minimum absolute atomic E-state index is 0.00850. The first-order valence-electron chi connectivity index (χ1n) is 7.87. The summed E-state index contributed by atoms with van der Waals surface area (Å²) in [6, 6.07) is 0.361. The topological polar surface area (TPSA) is 64.1 Å². The van der Waals surface area contributed by atoms with Crippen molar-refractivity contribution in [2.75, 3.05) is 39.8 Å². The van der Waals surface area contributed by atoms with Crippen LogP contribution in [0.4, 0.5) is 4.79 Å². The fourth-order valence-electron chi connectivity index (χ4n) is 3.42. The van der Waals surface area contributed by atoms with E-state index in [9.17, 15) is 14.7 Å². The van der Waals surface area contributed by atoms with E-state index in [2.05, 4.69) is 18.9 Å². The Morgan fingerprint density at radius 1 is 1.24 bits per heavy atom. The average Bonchev–Trinajstić information content (AvgIpc) is 2.87. The van der Waals surface area contributed by atoms with E-state index < -0.39 is 11.4 Å². The molecular weight excluding hydrogens is 270 g/mol. The normalized spacial score (nSPS) is 30.7. The molecule has 120 valence electrons. The molecule has 2 amide bonds. The Morgan fingerprint density at radius 2 is 1.95 bits per heavy atom. The van der Waals surface area contributed by atoms with Gasteiger partial charge in [0.25, 0.3) is 0 Å². The molecule has 6 nitrogen and oxygen atoms in total. The molecule has 0 aliphatic carbocycles. The van der Waals surface area contributed by atoms with Crippen molar-refractivity contribution >= 4 is 12.0 Å². The smallest absolute Gasteiger partial charge is 0.320 e. The van der Waals surface area contributed by atoms with Crippen molar-refractivity contribution in [1.82, 2.24) is 14.7 Å². The Labute approximate surface area is 126 Å². The molecule has 2 atom stereocenters. The Bertz CT molecular complexity index is 415. The molecule has 2 fully saturated rings. The number of piperazine rings is 1. The number of rotatable bonds is 3. The molecular formula is C15H27N3O3. The van der Waals surface area contributed by atoms with Crippen LogP contribution in [0.5, 0.6) is 0 Å². The van der Waals surface area contributed by atoms with Gasteiger partial charge in [0.2, 0.25) is 0 Å². The minimum atomic E-state index is -0.758. The predicted molar refractivity (Wildman–Crippen MR) is 80.2 cm³/mol. The number of carboxylic acid groups (broad SMARTS) is 1. The fourth-order valence-corrected chi connectivity index (χ4v) is 3.42. The van der Waals surface area contributed by atoms with Crippen LogP contribution >= 0.6 is 0 Å². The largest absolute Gasteiger partial charge is 0.481 e. The molecule has 0 radical (unpaired) electrons. The highest BCUT2D eigenvalue weighted by molar-refractivity contribution is 5.80. The molecule has 21 heavy (non-hydrogen) atoms. The van der Waals surface area contributed by atoms with Gasteiger partial charge in [0.15, 0.2) is 0 Å². The third kappa shape index (κ3) is 3.15. The van der Waals surface area contributed by atoms with E-state index in [-0.39, 0.29) is 6.03 Å². The number of nitrogens with zero attached hydrogens (tertiary/aromatic N) is 3. The van der Waals surface area contributed by atoms with Crippen LogP contribution in [0.3, 0.4) is 0 Å². The lowest BCUT2D eigenvalue weighted by Crippen LogP contribution is -2.55. The number of likely N-dealkylation sites (tertiary alicyclic amines) is 1. The summed E-state index contributed by atoms with van der Waals surface area (Å²) in [7, 11) is 2.07. The molecule has 0 saturated carbocycles. The highest BCUT2D eigenvalue weighted by Gasteiger charge is 2.46. The van der Waals surface area contributed by atoms with Gasteiger partial charge in [-0.3, -0.25) is 4.79 Å². The standard InChI is InChI=1S/C15H27N3O3/c1-4-5-15(13(19)20)6-7-18(11-15)14(21)17-9-8-16(3)12(2)10-17/h12H,4-11H2,1-3H3,(H,19,20). The average molecular weight is 297 g/mol. The molecule has 0 aromatic rings. The van der Waals surface area contributed by atoms with Gasteiger partial charge in [-0.1, -0.05) is 13.3 Å². The Kier molecular flexibility index (Phi) is 4.76. The summed E-state index contributed by atoms with van der Waals surface area (Å²) in [5.74, 6) is -0.758. The maximum absolute atomic E-state index is 12.6. The Morgan fingerprint density at radius 3 is 2.52 bits per heavy atom. The van der Waals surface area contributed by atoms with Gasteiger partial charge in [0, 0.05) is 38.8 Å². The fraction of sp³-hybridized carbons (Fsp3) is 0.867. The summed E-state index contributed by atoms with van der Waals surface area (Å²) in [5, 5.41) is 9.52. The molecule has 2 heterocycles. The van der Waals surface area contributed by atoms with E-state index in [1.165, 1.54) is 0 Å². The molecule has 2 rings (SSSR count). The monoisotopic (exact) mass is 297 g/mol. The van der Waals surface area contributed by atoms with E-state index in [0.717, 1.165) is 26.1 Å². The van der Waals surface area contributed by atoms with Gasteiger partial charge in [-0.2, -0.15) is 0 Å². The van der Waals surface area contributed by atoms with Crippen molar-refractivity contribution in [3.8, 4) is 0 Å². The Hall–Kier alpha value is -1.30. The van der Waals surface area contributed by atoms with Crippen molar-refractivity contribution in [3.05, 3.63) is 0 Å². The minimum Gasteiger partial charge on any atom is -0.481 e. The molecule has 0 bridgehead atoms. The lowest BCUT2D eigenvalue weighted by atomic mass is 9.83. The summed E-state index contributed by atoms with van der Waals surface area (Å²) >= 11 is 0. The van der Waals surface area contributed by atoms with Crippen LogP contribution in [0.1, 0.15) is 33.1 Å². The van der Waals surface area contributed by atoms with Crippen molar-refractivity contribution in [3.63, 3.8) is 0 Å². The molecule has 2 unspecified atom stereocenters. The molecule has 2 aliphatic rings. The number of likely N-dealkylation sites (N-methyl/N-ethyl adjacent to an activating group) is 1. The van der Waals surface area contributed by atoms with Gasteiger partial charge in [-0.25, -0.2) is 4.79 Å². The second-order valence-electron chi connectivity index (χ2n) is 6.57. The van der Waals surface area contributed by atoms with Crippen LogP contribution in [0.25, 0.3) is 0 Å². The van der Waals surface area contributed by atoms with E-state index in [4.69, 9.17) is 0 Å². The van der Waals surface area contributed by atoms with Gasteiger partial charge in [0.05, 0.1) is 5.41 Å². The second kappa shape index (κ2) is 6.22. The predicted octanol–water partition coefficient (Wildman–Crippen LogP) is 1.32. The first kappa shape index (κ1) is 16.1. The quantitative estimate of drug-likeness (QED) is 0.853. The highest BCUT2D eigenvalue weighted by atomic mass is 16.4. The molecule has 6 heteroatoms. The van der Waals surface area contributed by atoms with Crippen molar-refractivity contribution in [2.45, 2.75) is 39.2 Å². The maximum atomic E-state index is 12.6. The zero-order valence-corrected chi connectivity index (χ0v) is 13.3. The zero-order chi connectivity index (χ0) is 15.6. The summed E-state index contributed by atoms with van der Waals surface area (Å²) < 4.78 is 0. The van der Waals surface area contributed by atoms with Gasteiger partial charge in [0.1, 0.15) is 0 Å².